The molecule has 21 heavy (non-hydrogen) atoms. The van der Waals surface area contributed by atoms with Gasteiger partial charge in [0.15, 0.2) is 0 Å². The molecule has 1 fully saturated rings. The van der Waals surface area contributed by atoms with Gasteiger partial charge in [-0.3, -0.25) is 4.79 Å². The number of fused-ring (bicyclic) bond motifs is 1. The number of hydrogen-bond donors (Lipinski definition) is 1. The third-order valence-corrected chi connectivity index (χ3v) is 4.60. The van der Waals surface area contributed by atoms with Crippen molar-refractivity contribution in [3.8, 4) is 0 Å². The molecule has 112 valence electrons. The fraction of sp³-hybridized carbons (Fsp3) is 0.429. The Kier molecular flexibility index (Phi) is 4.04. The van der Waals surface area contributed by atoms with Crippen LogP contribution in [0.3, 0.4) is 0 Å². The maximum atomic E-state index is 12.2. The van der Waals surface area contributed by atoms with Crippen molar-refractivity contribution < 1.29 is 4.79 Å². The molecule has 1 N–H and O–H groups in total. The number of hydrogen-bond acceptors (Lipinski definition) is 2. The van der Waals surface area contributed by atoms with Crippen LogP contribution in [-0.2, 0) is 4.79 Å². The number of piperidine rings is 1. The van der Waals surface area contributed by atoms with Crippen LogP contribution in [0.2, 0.25) is 10.0 Å². The topological polar surface area (TPSA) is 46.9 Å². The van der Waals surface area contributed by atoms with Gasteiger partial charge >= 0.3 is 0 Å². The molecule has 2 atom stereocenters. The first kappa shape index (κ1) is 14.9. The third kappa shape index (κ3) is 2.60. The molecule has 3 rings (SSSR count). The number of nitrogens with one attached hydrogen (secondary N) is 1. The largest absolute Gasteiger partial charge is 0.354 e. The van der Waals surface area contributed by atoms with E-state index in [0.717, 1.165) is 18.4 Å². The van der Waals surface area contributed by atoms with Crippen LogP contribution >= 0.6 is 34.8 Å². The van der Waals surface area contributed by atoms with Crippen molar-refractivity contribution in [3.63, 3.8) is 0 Å². The average molecular weight is 347 g/mol. The first-order valence-corrected chi connectivity index (χ1v) is 7.97. The van der Waals surface area contributed by atoms with Gasteiger partial charge in [-0.1, -0.05) is 23.2 Å². The Bertz CT molecular complexity index is 711. The number of carbonyl (C=O) groups is 1. The van der Waals surface area contributed by atoms with Crippen molar-refractivity contribution in [3.05, 3.63) is 28.0 Å². The Morgan fingerprint density at radius 1 is 1.38 bits per heavy atom. The standard InChI is InChI=1S/C14H14Cl3N3O/c1-7(15)13-19-10-5-8(16)9(17)6-12(10)20(13)11-3-2-4-18-14(11)21/h5-7,11H,2-4H2,1H3,(H,18,21). The number of carbonyl (C=O) groups excluding carboxylic acids is 1. The van der Waals surface area contributed by atoms with Gasteiger partial charge in [-0.05, 0) is 31.9 Å². The van der Waals surface area contributed by atoms with Crippen molar-refractivity contribution >= 4 is 51.7 Å². The molecule has 1 aromatic heterocycles. The Hall–Kier alpha value is -0.970. The molecule has 1 amide bonds. The Labute approximate surface area is 137 Å². The van der Waals surface area contributed by atoms with Gasteiger partial charge in [0, 0.05) is 6.54 Å². The van der Waals surface area contributed by atoms with Crippen molar-refractivity contribution in [2.45, 2.75) is 31.2 Å². The molecule has 7 heteroatoms. The van der Waals surface area contributed by atoms with E-state index >= 15 is 0 Å². The zero-order valence-electron chi connectivity index (χ0n) is 11.4. The summed E-state index contributed by atoms with van der Waals surface area (Å²) in [5, 5.41) is 3.45. The minimum Gasteiger partial charge on any atom is -0.354 e. The Morgan fingerprint density at radius 3 is 2.76 bits per heavy atom. The van der Waals surface area contributed by atoms with Gasteiger partial charge in [0.2, 0.25) is 5.91 Å². The molecule has 2 heterocycles. The van der Waals surface area contributed by atoms with Crippen LogP contribution in [0.5, 0.6) is 0 Å². The monoisotopic (exact) mass is 345 g/mol. The number of alkyl halides is 1. The van der Waals surface area contributed by atoms with Gasteiger partial charge in [-0.25, -0.2) is 4.98 Å². The summed E-state index contributed by atoms with van der Waals surface area (Å²) in [6, 6.07) is 3.15. The lowest BCUT2D eigenvalue weighted by Gasteiger charge is -2.25. The van der Waals surface area contributed by atoms with Gasteiger partial charge in [-0.15, -0.1) is 11.6 Å². The second-order valence-electron chi connectivity index (χ2n) is 5.16. The highest BCUT2D eigenvalue weighted by Crippen LogP contribution is 2.34. The molecule has 0 bridgehead atoms. The van der Waals surface area contributed by atoms with E-state index in [0.29, 0.717) is 27.9 Å². The fourth-order valence-corrected chi connectivity index (χ4v) is 3.19. The van der Waals surface area contributed by atoms with Crippen LogP contribution in [0.4, 0.5) is 0 Å². The molecule has 0 saturated carbocycles. The number of amides is 1. The summed E-state index contributed by atoms with van der Waals surface area (Å²) in [7, 11) is 0. The molecule has 4 nitrogen and oxygen atoms in total. The Balaban J connectivity index is 2.24. The molecular weight excluding hydrogens is 333 g/mol. The van der Waals surface area contributed by atoms with Gasteiger partial charge in [0.25, 0.3) is 0 Å². The molecule has 0 spiro atoms. The summed E-state index contributed by atoms with van der Waals surface area (Å²) in [6.45, 7) is 2.55. The number of nitrogens with zero attached hydrogens (tertiary/aromatic N) is 2. The maximum absolute atomic E-state index is 12.2. The van der Waals surface area contributed by atoms with Gasteiger partial charge in [0.1, 0.15) is 11.9 Å². The van der Waals surface area contributed by atoms with E-state index in [4.69, 9.17) is 34.8 Å². The number of halogens is 3. The highest BCUT2D eigenvalue weighted by molar-refractivity contribution is 6.42. The van der Waals surface area contributed by atoms with Gasteiger partial charge < -0.3 is 9.88 Å². The van der Waals surface area contributed by atoms with Crippen molar-refractivity contribution in [1.29, 1.82) is 0 Å². The first-order valence-electron chi connectivity index (χ1n) is 6.77. The lowest BCUT2D eigenvalue weighted by Crippen LogP contribution is -2.38. The van der Waals surface area contributed by atoms with Gasteiger partial charge in [-0.2, -0.15) is 0 Å². The highest BCUT2D eigenvalue weighted by atomic mass is 35.5. The molecule has 0 aliphatic carbocycles. The van der Waals surface area contributed by atoms with Crippen molar-refractivity contribution in [1.82, 2.24) is 14.9 Å². The molecule has 1 saturated heterocycles. The van der Waals surface area contributed by atoms with E-state index in [1.165, 1.54) is 0 Å². The third-order valence-electron chi connectivity index (χ3n) is 3.68. The summed E-state index contributed by atoms with van der Waals surface area (Å²) < 4.78 is 1.89. The maximum Gasteiger partial charge on any atom is 0.243 e. The molecule has 2 aromatic rings. The van der Waals surface area contributed by atoms with Crippen LogP contribution in [0.1, 0.15) is 37.0 Å². The lowest BCUT2D eigenvalue weighted by atomic mass is 10.1. The minimum atomic E-state index is -0.315. The summed E-state index contributed by atoms with van der Waals surface area (Å²) in [5.41, 5.74) is 1.49. The molecular formula is C14H14Cl3N3O. The summed E-state index contributed by atoms with van der Waals surface area (Å²) >= 11 is 18.4. The fourth-order valence-electron chi connectivity index (χ4n) is 2.72. The summed E-state index contributed by atoms with van der Waals surface area (Å²) in [6.07, 6.45) is 1.68. The summed E-state index contributed by atoms with van der Waals surface area (Å²) in [5.74, 6) is 0.650. The quantitative estimate of drug-likeness (QED) is 0.832. The molecule has 2 unspecified atom stereocenters. The molecule has 0 radical (unpaired) electrons. The van der Waals surface area contributed by atoms with E-state index < -0.39 is 0 Å². The number of benzene rings is 1. The smallest absolute Gasteiger partial charge is 0.243 e. The second kappa shape index (κ2) is 5.67. The normalized spacial score (nSPS) is 20.6. The lowest BCUT2D eigenvalue weighted by molar-refractivity contribution is -0.125. The van der Waals surface area contributed by atoms with Crippen LogP contribution in [0, 0.1) is 0 Å². The predicted octanol–water partition coefficient (Wildman–Crippen LogP) is 4.09. The summed E-state index contributed by atoms with van der Waals surface area (Å²) in [4.78, 5) is 16.7. The zero-order valence-corrected chi connectivity index (χ0v) is 13.6. The molecule has 1 aliphatic rings. The van der Waals surface area contributed by atoms with Crippen LogP contribution < -0.4 is 5.32 Å². The zero-order chi connectivity index (χ0) is 15.1. The predicted molar refractivity (Wildman–Crippen MR) is 85.3 cm³/mol. The minimum absolute atomic E-state index is 0.00908. The van der Waals surface area contributed by atoms with Crippen LogP contribution in [-0.4, -0.2) is 22.0 Å². The van der Waals surface area contributed by atoms with E-state index in [1.807, 2.05) is 11.5 Å². The number of imidazole rings is 1. The van der Waals surface area contributed by atoms with E-state index in [-0.39, 0.29) is 17.3 Å². The van der Waals surface area contributed by atoms with Crippen molar-refractivity contribution in [2.75, 3.05) is 6.54 Å². The first-order chi connectivity index (χ1) is 9.99. The van der Waals surface area contributed by atoms with E-state index in [2.05, 4.69) is 10.3 Å². The molecule has 1 aromatic carbocycles. The van der Waals surface area contributed by atoms with E-state index in [1.54, 1.807) is 12.1 Å². The van der Waals surface area contributed by atoms with Crippen LogP contribution in [0.15, 0.2) is 12.1 Å². The average Bonchev–Trinajstić information content (AvgIpc) is 2.78. The second-order valence-corrected chi connectivity index (χ2v) is 6.63. The van der Waals surface area contributed by atoms with Crippen LogP contribution in [0.25, 0.3) is 11.0 Å². The highest BCUT2D eigenvalue weighted by Gasteiger charge is 2.29. The Morgan fingerprint density at radius 2 is 2.10 bits per heavy atom. The van der Waals surface area contributed by atoms with E-state index in [9.17, 15) is 4.79 Å². The number of rotatable bonds is 2. The van der Waals surface area contributed by atoms with Crippen molar-refractivity contribution in [2.24, 2.45) is 0 Å². The van der Waals surface area contributed by atoms with Gasteiger partial charge in [0.05, 0.1) is 26.5 Å². The SMILES string of the molecule is CC(Cl)c1nc2cc(Cl)c(Cl)cc2n1C1CCCNC1=O. The number of aromatic nitrogens is 2. The molecule has 1 aliphatic heterocycles.